The number of aliphatic carboxylic acids is 1. The van der Waals surface area contributed by atoms with Crippen molar-refractivity contribution in [2.24, 2.45) is 0 Å². The lowest BCUT2D eigenvalue weighted by Crippen LogP contribution is -2.68. The maximum atomic E-state index is 11.6. The van der Waals surface area contributed by atoms with Gasteiger partial charge in [-0.2, -0.15) is 0 Å². The number of carboxylic acid groups (broad SMARTS) is 1. The van der Waals surface area contributed by atoms with Crippen LogP contribution in [0.4, 0.5) is 0 Å². The van der Waals surface area contributed by atoms with Crippen LogP contribution in [0.25, 0.3) is 0 Å². The van der Waals surface area contributed by atoms with Crippen LogP contribution in [-0.4, -0.2) is 265 Å². The van der Waals surface area contributed by atoms with Gasteiger partial charge in [-0.15, -0.1) is 0 Å². The van der Waals surface area contributed by atoms with Crippen molar-refractivity contribution in [1.82, 2.24) is 0 Å². The first-order chi connectivity index (χ1) is 25.7. The van der Waals surface area contributed by atoms with Crippen LogP contribution in [0.5, 0.6) is 0 Å². The van der Waals surface area contributed by atoms with Crippen LogP contribution in [0.2, 0.25) is 0 Å². The third kappa shape index (κ3) is 9.70. The summed E-state index contributed by atoms with van der Waals surface area (Å²) in [4.78, 5) is 11.6. The Bertz CT molecular complexity index is 1220. The second-order valence-electron chi connectivity index (χ2n) is 13.6. The molecule has 4 aliphatic rings. The van der Waals surface area contributed by atoms with E-state index in [0.717, 1.165) is 0 Å². The van der Waals surface area contributed by atoms with Crippen LogP contribution in [-0.2, 0) is 38.0 Å². The number of hydrogen-bond donors (Lipinski definition) is 18. The maximum Gasteiger partial charge on any atom is 0.364 e. The normalized spacial score (nSPS) is 47.8. The largest absolute Gasteiger partial charge is 0.477 e. The standard InChI is InChI=1S/C29H50O26/c30-2-7(34)19-13(40)11(38)15(42)25(50-19)49-5-10(37)21-14(41)12(39)16(43)26(52-21)54-24-17(44)20(8(35)3-31)51-27(18(24)45)53-22-6(33)1-29(48,28(46)47)55-23(22)9(36)4-32/h6-27,30-45,48H,1-5H2,(H,46,47)/t6-,7+,8+,9-,10+,11+,12+,13+,14+,15+,16+,17-,18+,19-,20-,21-,22-,23-,24+,25+,26-,27-,29-/m1/s1. The summed E-state index contributed by atoms with van der Waals surface area (Å²) in [6.45, 7) is -4.13. The van der Waals surface area contributed by atoms with Crippen molar-refractivity contribution in [1.29, 1.82) is 0 Å². The van der Waals surface area contributed by atoms with E-state index < -0.39 is 179 Å². The van der Waals surface area contributed by atoms with E-state index in [9.17, 15) is 96.7 Å². The molecule has 4 rings (SSSR count). The molecule has 4 heterocycles. The molecule has 0 radical (unpaired) electrons. The zero-order chi connectivity index (χ0) is 41.3. The van der Waals surface area contributed by atoms with Crippen molar-refractivity contribution in [3.63, 3.8) is 0 Å². The highest BCUT2D eigenvalue weighted by atomic mass is 16.8. The minimum Gasteiger partial charge on any atom is -0.477 e. The topological polar surface area (TPSA) is 446 Å². The summed E-state index contributed by atoms with van der Waals surface area (Å²) in [5.41, 5.74) is 0. The number of hydrogen-bond acceptors (Lipinski definition) is 25. The molecule has 0 unspecified atom stereocenters. The molecule has 0 amide bonds. The van der Waals surface area contributed by atoms with Gasteiger partial charge in [0.15, 0.2) is 18.9 Å². The lowest BCUT2D eigenvalue weighted by atomic mass is 9.91. The number of aliphatic hydroxyl groups excluding tert-OH is 16. The molecule has 0 aromatic rings. The quantitative estimate of drug-likeness (QED) is 0.0729. The highest BCUT2D eigenvalue weighted by molar-refractivity contribution is 5.75. The Morgan fingerprint density at radius 3 is 1.49 bits per heavy atom. The van der Waals surface area contributed by atoms with E-state index in [-0.39, 0.29) is 0 Å². The summed E-state index contributed by atoms with van der Waals surface area (Å²) in [5.74, 6) is -5.08. The number of rotatable bonds is 15. The first kappa shape index (κ1) is 46.2. The molecule has 26 nitrogen and oxygen atoms in total. The number of aliphatic hydroxyl groups is 17. The third-order valence-corrected chi connectivity index (χ3v) is 9.74. The van der Waals surface area contributed by atoms with E-state index in [1.54, 1.807) is 0 Å². The number of carboxylic acids is 1. The van der Waals surface area contributed by atoms with Crippen LogP contribution in [0, 0.1) is 0 Å². The third-order valence-electron chi connectivity index (χ3n) is 9.74. The smallest absolute Gasteiger partial charge is 0.364 e. The molecule has 23 atom stereocenters. The Morgan fingerprint density at radius 1 is 0.564 bits per heavy atom. The fourth-order valence-corrected chi connectivity index (χ4v) is 6.56. The average molecular weight is 815 g/mol. The Hall–Kier alpha value is -1.49. The molecular weight excluding hydrogens is 764 g/mol. The molecule has 0 spiro atoms. The van der Waals surface area contributed by atoms with E-state index in [1.165, 1.54) is 0 Å². The van der Waals surface area contributed by atoms with Gasteiger partial charge < -0.3 is 125 Å². The molecular formula is C29H50O26. The van der Waals surface area contributed by atoms with Gasteiger partial charge in [0, 0.05) is 6.42 Å². The van der Waals surface area contributed by atoms with Crippen molar-refractivity contribution in [2.75, 3.05) is 26.4 Å². The predicted molar refractivity (Wildman–Crippen MR) is 163 cm³/mol. The second-order valence-corrected chi connectivity index (χ2v) is 13.6. The van der Waals surface area contributed by atoms with Crippen molar-refractivity contribution in [2.45, 2.75) is 147 Å². The van der Waals surface area contributed by atoms with E-state index >= 15 is 0 Å². The van der Waals surface area contributed by atoms with Crippen LogP contribution in [0.3, 0.4) is 0 Å². The molecule has 4 saturated heterocycles. The molecule has 0 saturated carbocycles. The SMILES string of the molecule is O=C(O)[C@@]1(O)C[C@@H](O)[C@@H](O[C@H]2O[C@H]([C@@H](O)CO)[C@@H](O)[C@H](O[C@H]3O[C@H]([C@@H](O)CO[C@H]4O[C@H]([C@@H](O)CO)[C@@H](O)[C@H](O)[C@@H]4O)[C@@H](O)[C@H](O)[C@@H]3O)[C@@H]2O)[C@@H]([C@H](O)CO)O1. The monoisotopic (exact) mass is 814 g/mol. The Kier molecular flexibility index (Phi) is 16.0. The average Bonchev–Trinajstić information content (AvgIpc) is 3.15. The number of ether oxygens (including phenoxy) is 7. The molecule has 26 heteroatoms. The van der Waals surface area contributed by atoms with Gasteiger partial charge >= 0.3 is 5.97 Å². The highest BCUT2D eigenvalue weighted by Gasteiger charge is 2.58. The Labute approximate surface area is 309 Å². The van der Waals surface area contributed by atoms with Crippen LogP contribution in [0.15, 0.2) is 0 Å². The van der Waals surface area contributed by atoms with Gasteiger partial charge in [0.25, 0.3) is 5.79 Å². The van der Waals surface area contributed by atoms with E-state index in [2.05, 4.69) is 0 Å². The summed E-state index contributed by atoms with van der Waals surface area (Å²) in [6.07, 6.45) is -45.7. The van der Waals surface area contributed by atoms with Crippen molar-refractivity contribution >= 4 is 5.97 Å². The maximum absolute atomic E-state index is 11.6. The Balaban J connectivity index is 1.53. The van der Waals surface area contributed by atoms with Crippen LogP contribution < -0.4 is 0 Å². The van der Waals surface area contributed by atoms with Gasteiger partial charge in [-0.05, 0) is 0 Å². The fraction of sp³-hybridized carbons (Fsp3) is 0.966. The molecule has 55 heavy (non-hydrogen) atoms. The molecule has 322 valence electrons. The summed E-state index contributed by atoms with van der Waals surface area (Å²) in [7, 11) is 0. The number of carbonyl (C=O) groups is 1. The summed E-state index contributed by atoms with van der Waals surface area (Å²) >= 11 is 0. The van der Waals surface area contributed by atoms with Gasteiger partial charge in [-0.3, -0.25) is 0 Å². The molecule has 4 aliphatic heterocycles. The summed E-state index contributed by atoms with van der Waals surface area (Å²) < 4.78 is 37.5. The van der Waals surface area contributed by atoms with Gasteiger partial charge in [-0.1, -0.05) is 0 Å². The summed E-state index contributed by atoms with van der Waals surface area (Å²) in [6, 6.07) is 0. The minimum absolute atomic E-state index is 0.936. The first-order valence-electron chi connectivity index (χ1n) is 16.9. The van der Waals surface area contributed by atoms with Gasteiger partial charge in [0.1, 0.15) is 110 Å². The molecule has 0 aromatic carbocycles. The first-order valence-corrected chi connectivity index (χ1v) is 16.9. The van der Waals surface area contributed by atoms with E-state index in [0.29, 0.717) is 0 Å². The molecule has 18 N–H and O–H groups in total. The summed E-state index contributed by atoms with van der Waals surface area (Å²) in [5, 5.41) is 185. The zero-order valence-corrected chi connectivity index (χ0v) is 28.6. The van der Waals surface area contributed by atoms with E-state index in [1.807, 2.05) is 0 Å². The van der Waals surface area contributed by atoms with Gasteiger partial charge in [0.2, 0.25) is 0 Å². The molecule has 0 bridgehead atoms. The van der Waals surface area contributed by atoms with E-state index in [4.69, 9.17) is 33.2 Å². The lowest BCUT2D eigenvalue weighted by molar-refractivity contribution is -0.387. The lowest BCUT2D eigenvalue weighted by Gasteiger charge is -2.49. The second kappa shape index (κ2) is 19.1. The van der Waals surface area contributed by atoms with Crippen molar-refractivity contribution in [3.05, 3.63) is 0 Å². The molecule has 0 aliphatic carbocycles. The fourth-order valence-electron chi connectivity index (χ4n) is 6.56. The van der Waals surface area contributed by atoms with Crippen molar-refractivity contribution < 1.29 is 130 Å². The van der Waals surface area contributed by atoms with Gasteiger partial charge in [0.05, 0.1) is 32.5 Å². The highest BCUT2D eigenvalue weighted by Crippen LogP contribution is 2.36. The van der Waals surface area contributed by atoms with Crippen LogP contribution in [0.1, 0.15) is 6.42 Å². The Morgan fingerprint density at radius 2 is 0.982 bits per heavy atom. The minimum atomic E-state index is -3.09. The van der Waals surface area contributed by atoms with Crippen molar-refractivity contribution in [3.8, 4) is 0 Å². The zero-order valence-electron chi connectivity index (χ0n) is 28.6. The van der Waals surface area contributed by atoms with Gasteiger partial charge in [-0.25, -0.2) is 4.79 Å². The molecule has 0 aromatic heterocycles. The molecule has 4 fully saturated rings. The predicted octanol–water partition coefficient (Wildman–Crippen LogP) is -11.8. The van der Waals surface area contributed by atoms with Crippen LogP contribution >= 0.6 is 0 Å².